The first-order chi connectivity index (χ1) is 9.29. The summed E-state index contributed by atoms with van der Waals surface area (Å²) in [5, 5.41) is 8.99. The second kappa shape index (κ2) is 5.18. The average molecular weight is 316 g/mol. The molecule has 1 aromatic carbocycles. The molecule has 1 unspecified atom stereocenters. The van der Waals surface area contributed by atoms with Crippen LogP contribution in [0.3, 0.4) is 0 Å². The quantitative estimate of drug-likeness (QED) is 0.802. The van der Waals surface area contributed by atoms with E-state index in [9.17, 15) is 0 Å². The highest BCUT2D eigenvalue weighted by atomic mass is 79.9. The molecule has 2 aromatic rings. The zero-order chi connectivity index (χ0) is 13.2. The van der Waals surface area contributed by atoms with Crippen molar-refractivity contribution in [2.24, 2.45) is 0 Å². The van der Waals surface area contributed by atoms with E-state index in [-0.39, 0.29) is 0 Å². The van der Waals surface area contributed by atoms with Gasteiger partial charge in [-0.1, -0.05) is 12.5 Å². The molecule has 1 aromatic heterocycles. The minimum Gasteiger partial charge on any atom is -0.327 e. The summed E-state index contributed by atoms with van der Waals surface area (Å²) in [6.07, 6.45) is 8.58. The second-order valence-electron chi connectivity index (χ2n) is 4.90. The van der Waals surface area contributed by atoms with Crippen LogP contribution < -0.4 is 0 Å². The smallest absolute Gasteiger partial charge is 0.100 e. The van der Waals surface area contributed by atoms with Gasteiger partial charge in [0.25, 0.3) is 0 Å². The van der Waals surface area contributed by atoms with E-state index in [1.807, 2.05) is 18.6 Å². The van der Waals surface area contributed by atoms with Gasteiger partial charge in [0.2, 0.25) is 0 Å². The van der Waals surface area contributed by atoms with Crippen LogP contribution in [0.15, 0.2) is 35.2 Å². The number of aromatic nitrogens is 2. The number of nitriles is 1. The Bertz CT molecular complexity index is 639. The van der Waals surface area contributed by atoms with Gasteiger partial charge in [-0.15, -0.1) is 0 Å². The predicted molar refractivity (Wildman–Crippen MR) is 76.8 cm³/mol. The van der Waals surface area contributed by atoms with E-state index in [0.717, 1.165) is 17.3 Å². The van der Waals surface area contributed by atoms with Crippen LogP contribution >= 0.6 is 15.9 Å². The van der Waals surface area contributed by atoms with Gasteiger partial charge in [-0.25, -0.2) is 4.98 Å². The molecule has 4 heteroatoms. The first-order valence-corrected chi connectivity index (χ1v) is 7.29. The van der Waals surface area contributed by atoms with Crippen molar-refractivity contribution in [3.63, 3.8) is 0 Å². The molecule has 0 N–H and O–H groups in total. The summed E-state index contributed by atoms with van der Waals surface area (Å²) in [5.41, 5.74) is 3.23. The molecule has 3 rings (SSSR count). The molecule has 1 atom stereocenters. The Hall–Kier alpha value is -1.60. The van der Waals surface area contributed by atoms with Crippen molar-refractivity contribution >= 4 is 15.9 Å². The molecule has 1 aliphatic rings. The lowest BCUT2D eigenvalue weighted by Gasteiger charge is -2.19. The van der Waals surface area contributed by atoms with E-state index in [4.69, 9.17) is 5.26 Å². The molecule has 1 aliphatic heterocycles. The molecule has 0 saturated carbocycles. The van der Waals surface area contributed by atoms with E-state index < -0.39 is 0 Å². The number of rotatable bonds is 1. The van der Waals surface area contributed by atoms with Gasteiger partial charge in [-0.05, 0) is 52.9 Å². The summed E-state index contributed by atoms with van der Waals surface area (Å²) in [5.74, 6) is 0. The average Bonchev–Trinajstić information content (AvgIpc) is 2.78. The molecule has 0 bridgehead atoms. The number of nitrogens with zero attached hydrogens (tertiary/aromatic N) is 3. The Balaban J connectivity index is 2.03. The van der Waals surface area contributed by atoms with E-state index in [1.54, 1.807) is 0 Å². The predicted octanol–water partition coefficient (Wildman–Crippen LogP) is 3.83. The van der Waals surface area contributed by atoms with Gasteiger partial charge in [-0.2, -0.15) is 5.26 Å². The number of aryl methyl sites for hydroxylation is 1. The minimum absolute atomic E-state index is 0.337. The molecule has 0 radical (unpaired) electrons. The maximum Gasteiger partial charge on any atom is 0.100 e. The number of benzene rings is 1. The summed E-state index contributed by atoms with van der Waals surface area (Å²) in [7, 11) is 0. The molecule has 3 nitrogen and oxygen atoms in total. The lowest BCUT2D eigenvalue weighted by atomic mass is 10.0. The summed E-state index contributed by atoms with van der Waals surface area (Å²) in [4.78, 5) is 4.28. The summed E-state index contributed by atoms with van der Waals surface area (Å²) in [6.45, 7) is 0. The van der Waals surface area contributed by atoms with Gasteiger partial charge in [0, 0.05) is 16.4 Å². The number of fused-ring (bicyclic) bond motifs is 1. The molecule has 19 heavy (non-hydrogen) atoms. The number of imidazole rings is 1. The third-order valence-corrected chi connectivity index (χ3v) is 4.40. The second-order valence-corrected chi connectivity index (χ2v) is 5.76. The maximum absolute atomic E-state index is 8.99. The van der Waals surface area contributed by atoms with Crippen LogP contribution in [0.5, 0.6) is 0 Å². The van der Waals surface area contributed by atoms with E-state index in [1.165, 1.54) is 24.1 Å². The molecule has 0 saturated heterocycles. The fourth-order valence-electron chi connectivity index (χ4n) is 2.75. The number of hydrogen-bond donors (Lipinski definition) is 0. The molecule has 0 aliphatic carbocycles. The van der Waals surface area contributed by atoms with Crippen LogP contribution in [0.25, 0.3) is 0 Å². The topological polar surface area (TPSA) is 41.6 Å². The van der Waals surface area contributed by atoms with Crippen molar-refractivity contribution in [1.29, 1.82) is 5.26 Å². The fraction of sp³-hybridized carbons (Fsp3) is 0.333. The Morgan fingerprint density at radius 1 is 1.37 bits per heavy atom. The largest absolute Gasteiger partial charge is 0.327 e. The first kappa shape index (κ1) is 12.4. The van der Waals surface area contributed by atoms with Crippen LogP contribution in [0.2, 0.25) is 0 Å². The Labute approximate surface area is 121 Å². The molecular formula is C15H14BrN3. The highest BCUT2D eigenvalue weighted by Gasteiger charge is 2.20. The normalized spacial score (nSPS) is 18.4. The Kier molecular flexibility index (Phi) is 3.39. The third kappa shape index (κ3) is 2.31. The van der Waals surface area contributed by atoms with E-state index >= 15 is 0 Å². The fourth-order valence-corrected chi connectivity index (χ4v) is 3.23. The number of halogens is 1. The van der Waals surface area contributed by atoms with E-state index in [0.29, 0.717) is 11.6 Å². The number of hydrogen-bond acceptors (Lipinski definition) is 2. The molecule has 0 amide bonds. The first-order valence-electron chi connectivity index (χ1n) is 6.50. The SMILES string of the molecule is N#Cc1ccc(C2CCCCc3cncn32)cc1Br. The van der Waals surface area contributed by atoms with Gasteiger partial charge in [-0.3, -0.25) is 0 Å². The van der Waals surface area contributed by atoms with Crippen molar-refractivity contribution in [2.75, 3.05) is 0 Å². The lowest BCUT2D eigenvalue weighted by molar-refractivity contribution is 0.535. The molecule has 2 heterocycles. The molecular weight excluding hydrogens is 302 g/mol. The van der Waals surface area contributed by atoms with Gasteiger partial charge < -0.3 is 4.57 Å². The monoisotopic (exact) mass is 315 g/mol. The van der Waals surface area contributed by atoms with Gasteiger partial charge in [0.15, 0.2) is 0 Å². The van der Waals surface area contributed by atoms with Crippen LogP contribution in [0.1, 0.15) is 42.1 Å². The molecule has 96 valence electrons. The van der Waals surface area contributed by atoms with Crippen molar-refractivity contribution in [2.45, 2.75) is 31.7 Å². The minimum atomic E-state index is 0.337. The van der Waals surface area contributed by atoms with Crippen LogP contribution in [-0.2, 0) is 6.42 Å². The van der Waals surface area contributed by atoms with Crippen molar-refractivity contribution < 1.29 is 0 Å². The van der Waals surface area contributed by atoms with Gasteiger partial charge in [0.05, 0.1) is 17.9 Å². The van der Waals surface area contributed by atoms with Crippen LogP contribution in [0.4, 0.5) is 0 Å². The van der Waals surface area contributed by atoms with Gasteiger partial charge >= 0.3 is 0 Å². The highest BCUT2D eigenvalue weighted by Crippen LogP contribution is 2.31. The standard InChI is InChI=1S/C15H14BrN3/c16-14-7-11(5-6-12(14)8-17)15-4-2-1-3-13-9-18-10-19(13)15/h5-7,9-10,15H,1-4H2. The molecule has 0 spiro atoms. The van der Waals surface area contributed by atoms with Crippen LogP contribution in [0, 0.1) is 11.3 Å². The van der Waals surface area contributed by atoms with Gasteiger partial charge in [0.1, 0.15) is 6.07 Å². The third-order valence-electron chi connectivity index (χ3n) is 3.74. The summed E-state index contributed by atoms with van der Waals surface area (Å²) < 4.78 is 3.15. The van der Waals surface area contributed by atoms with Crippen molar-refractivity contribution in [1.82, 2.24) is 9.55 Å². The highest BCUT2D eigenvalue weighted by molar-refractivity contribution is 9.10. The molecule has 0 fully saturated rings. The van der Waals surface area contributed by atoms with E-state index in [2.05, 4.69) is 43.7 Å². The van der Waals surface area contributed by atoms with Crippen LogP contribution in [-0.4, -0.2) is 9.55 Å². The summed E-state index contributed by atoms with van der Waals surface area (Å²) in [6, 6.07) is 8.54. The summed E-state index contributed by atoms with van der Waals surface area (Å²) >= 11 is 3.48. The zero-order valence-electron chi connectivity index (χ0n) is 10.5. The van der Waals surface area contributed by atoms with Crippen molar-refractivity contribution in [3.05, 3.63) is 52.0 Å². The Morgan fingerprint density at radius 2 is 2.26 bits per heavy atom. The zero-order valence-corrected chi connectivity index (χ0v) is 12.1. The van der Waals surface area contributed by atoms with Crippen molar-refractivity contribution in [3.8, 4) is 6.07 Å². The Morgan fingerprint density at radius 3 is 3.05 bits per heavy atom. The lowest BCUT2D eigenvalue weighted by Crippen LogP contribution is -2.10. The maximum atomic E-state index is 8.99.